The van der Waals surface area contributed by atoms with Gasteiger partial charge in [-0.05, 0) is 30.4 Å². The number of amides is 2. The van der Waals surface area contributed by atoms with E-state index in [9.17, 15) is 9.59 Å². The van der Waals surface area contributed by atoms with Gasteiger partial charge in [0.2, 0.25) is 5.91 Å². The Labute approximate surface area is 156 Å². The van der Waals surface area contributed by atoms with Gasteiger partial charge in [-0.1, -0.05) is 35.5 Å². The van der Waals surface area contributed by atoms with Gasteiger partial charge >= 0.3 is 0 Å². The van der Waals surface area contributed by atoms with Crippen molar-refractivity contribution in [2.24, 2.45) is 0 Å². The van der Waals surface area contributed by atoms with E-state index in [4.69, 9.17) is 4.74 Å². The van der Waals surface area contributed by atoms with Crippen molar-refractivity contribution in [3.05, 3.63) is 40.9 Å². The number of nitrogens with zero attached hydrogens (tertiary/aromatic N) is 3. The van der Waals surface area contributed by atoms with Crippen molar-refractivity contribution < 1.29 is 14.3 Å². The van der Waals surface area contributed by atoms with Crippen LogP contribution >= 0.6 is 11.5 Å². The first kappa shape index (κ1) is 18.3. The second-order valence-electron chi connectivity index (χ2n) is 6.31. The van der Waals surface area contributed by atoms with E-state index in [0.717, 1.165) is 42.8 Å². The number of carbonyl (C=O) groups is 2. The van der Waals surface area contributed by atoms with Gasteiger partial charge in [0, 0.05) is 17.0 Å². The summed E-state index contributed by atoms with van der Waals surface area (Å²) in [4.78, 5) is 26.7. The monoisotopic (exact) mass is 374 g/mol. The molecule has 2 amide bonds. The van der Waals surface area contributed by atoms with Crippen LogP contribution in [-0.4, -0.2) is 46.0 Å². The smallest absolute Gasteiger partial charge is 0.276 e. The van der Waals surface area contributed by atoms with E-state index in [1.165, 1.54) is 4.90 Å². The van der Waals surface area contributed by atoms with Crippen LogP contribution in [0.5, 0.6) is 5.75 Å². The molecule has 0 unspecified atom stereocenters. The third kappa shape index (κ3) is 4.57. The molecule has 1 fully saturated rings. The first-order chi connectivity index (χ1) is 12.7. The largest absolute Gasteiger partial charge is 0.496 e. The number of hydrogen-bond acceptors (Lipinski definition) is 6. The number of carbonyl (C=O) groups excluding carboxylic acids is 2. The van der Waals surface area contributed by atoms with Crippen LogP contribution < -0.4 is 10.1 Å². The van der Waals surface area contributed by atoms with E-state index in [2.05, 4.69) is 14.9 Å². The van der Waals surface area contributed by atoms with Gasteiger partial charge in [0.05, 0.1) is 13.7 Å². The molecule has 3 rings (SSSR count). The molecule has 0 spiro atoms. The van der Waals surface area contributed by atoms with E-state index in [1.54, 1.807) is 12.5 Å². The summed E-state index contributed by atoms with van der Waals surface area (Å²) in [7, 11) is 1.59. The number of hydrogen-bond donors (Lipinski definition) is 1. The highest BCUT2D eigenvalue weighted by molar-refractivity contribution is 7.03. The summed E-state index contributed by atoms with van der Waals surface area (Å²) in [6, 6.07) is 7.68. The zero-order valence-corrected chi connectivity index (χ0v) is 15.5. The fraction of sp³-hybridized carbons (Fsp3) is 0.444. The number of nitrogens with one attached hydrogen (secondary N) is 1. The number of ether oxygens (including phenoxy) is 1. The van der Waals surface area contributed by atoms with Gasteiger partial charge in [0.1, 0.15) is 12.3 Å². The molecule has 1 aromatic carbocycles. The van der Waals surface area contributed by atoms with E-state index in [-0.39, 0.29) is 36.6 Å². The van der Waals surface area contributed by atoms with Gasteiger partial charge < -0.3 is 15.0 Å². The number of aromatic nitrogens is 2. The van der Waals surface area contributed by atoms with Crippen LogP contribution in [0.4, 0.5) is 0 Å². The maximum absolute atomic E-state index is 12.8. The molecule has 1 N–H and O–H groups in total. The lowest BCUT2D eigenvalue weighted by atomic mass is 10.1. The van der Waals surface area contributed by atoms with Gasteiger partial charge in [-0.25, -0.2) is 0 Å². The maximum Gasteiger partial charge on any atom is 0.276 e. The average Bonchev–Trinajstić information content (AvgIpc) is 3.35. The Balaban J connectivity index is 1.74. The van der Waals surface area contributed by atoms with E-state index in [0.29, 0.717) is 5.75 Å². The molecular weight excluding hydrogens is 352 g/mol. The van der Waals surface area contributed by atoms with Crippen molar-refractivity contribution in [3.63, 3.8) is 0 Å². The highest BCUT2D eigenvalue weighted by atomic mass is 32.1. The Kier molecular flexibility index (Phi) is 6.17. The third-order valence-corrected chi connectivity index (χ3v) is 4.98. The molecule has 0 saturated heterocycles. The highest BCUT2D eigenvalue weighted by Crippen LogP contribution is 2.21. The average molecular weight is 374 g/mol. The van der Waals surface area contributed by atoms with Crippen molar-refractivity contribution in [1.82, 2.24) is 19.8 Å². The van der Waals surface area contributed by atoms with Gasteiger partial charge in [-0.2, -0.15) is 0 Å². The molecule has 8 heteroatoms. The molecule has 0 bridgehead atoms. The number of para-hydroxylation sites is 1. The lowest BCUT2D eigenvalue weighted by Gasteiger charge is -2.23. The molecule has 7 nitrogen and oxygen atoms in total. The van der Waals surface area contributed by atoms with E-state index in [1.807, 2.05) is 24.3 Å². The molecule has 2 aromatic rings. The minimum absolute atomic E-state index is 0.0229. The SMILES string of the molecule is COc1ccccc1CN(CC(=O)NC1CCCC1)C(=O)c1csnn1. The fourth-order valence-electron chi connectivity index (χ4n) is 3.18. The summed E-state index contributed by atoms with van der Waals surface area (Å²) < 4.78 is 9.11. The van der Waals surface area contributed by atoms with Crippen molar-refractivity contribution in [1.29, 1.82) is 0 Å². The fourth-order valence-corrected chi connectivity index (χ4v) is 3.61. The minimum Gasteiger partial charge on any atom is -0.496 e. The Morgan fingerprint density at radius 2 is 2.08 bits per heavy atom. The molecule has 1 heterocycles. The number of rotatable bonds is 7. The molecule has 138 valence electrons. The van der Waals surface area contributed by atoms with Crippen LogP contribution in [0.1, 0.15) is 41.7 Å². The zero-order valence-electron chi connectivity index (χ0n) is 14.7. The third-order valence-electron chi connectivity index (χ3n) is 4.47. The summed E-state index contributed by atoms with van der Waals surface area (Å²) >= 11 is 1.11. The molecular formula is C18H22N4O3S. The first-order valence-electron chi connectivity index (χ1n) is 8.65. The van der Waals surface area contributed by atoms with Gasteiger partial charge in [-0.3, -0.25) is 9.59 Å². The predicted octanol–water partition coefficient (Wildman–Crippen LogP) is 2.25. The minimum atomic E-state index is -0.314. The van der Waals surface area contributed by atoms with Crippen LogP contribution in [0.15, 0.2) is 29.6 Å². The lowest BCUT2D eigenvalue weighted by molar-refractivity contribution is -0.122. The van der Waals surface area contributed by atoms with E-state index >= 15 is 0 Å². The summed E-state index contributed by atoms with van der Waals surface area (Å²) in [5.41, 5.74) is 1.08. The molecule has 1 aliphatic rings. The standard InChI is InChI=1S/C18H22N4O3S/c1-25-16-9-5-2-6-13(16)10-22(18(24)15-12-26-21-20-15)11-17(23)19-14-7-3-4-8-14/h2,5-6,9,12,14H,3-4,7-8,10-11H2,1H3,(H,19,23). The van der Waals surface area contributed by atoms with Gasteiger partial charge in [0.25, 0.3) is 5.91 Å². The van der Waals surface area contributed by atoms with E-state index < -0.39 is 0 Å². The number of benzene rings is 1. The molecule has 1 aliphatic carbocycles. The first-order valence-corrected chi connectivity index (χ1v) is 9.48. The summed E-state index contributed by atoms with van der Waals surface area (Å²) in [6.45, 7) is 0.239. The summed E-state index contributed by atoms with van der Waals surface area (Å²) in [5.74, 6) is 0.215. The topological polar surface area (TPSA) is 84.4 Å². The second kappa shape index (κ2) is 8.75. The van der Waals surface area contributed by atoms with Crippen molar-refractivity contribution in [2.45, 2.75) is 38.3 Å². The highest BCUT2D eigenvalue weighted by Gasteiger charge is 2.24. The summed E-state index contributed by atoms with van der Waals surface area (Å²) in [6.07, 6.45) is 4.28. The molecule has 1 saturated carbocycles. The Hall–Kier alpha value is -2.48. The normalized spacial score (nSPS) is 14.2. The van der Waals surface area contributed by atoms with Gasteiger partial charge in [0.15, 0.2) is 5.69 Å². The van der Waals surface area contributed by atoms with Crippen LogP contribution in [0.3, 0.4) is 0 Å². The van der Waals surface area contributed by atoms with Crippen LogP contribution in [0.2, 0.25) is 0 Å². The van der Waals surface area contributed by atoms with Crippen molar-refractivity contribution >= 4 is 23.3 Å². The Morgan fingerprint density at radius 3 is 2.77 bits per heavy atom. The van der Waals surface area contributed by atoms with Crippen LogP contribution in [-0.2, 0) is 11.3 Å². The molecule has 1 aromatic heterocycles. The molecule has 26 heavy (non-hydrogen) atoms. The predicted molar refractivity (Wildman–Crippen MR) is 98.0 cm³/mol. The zero-order chi connectivity index (χ0) is 18.4. The Bertz CT molecular complexity index is 745. The number of methoxy groups -OCH3 is 1. The van der Waals surface area contributed by atoms with Crippen LogP contribution in [0.25, 0.3) is 0 Å². The molecule has 0 aliphatic heterocycles. The lowest BCUT2D eigenvalue weighted by Crippen LogP contribution is -2.43. The summed E-state index contributed by atoms with van der Waals surface area (Å²) in [5, 5.41) is 8.46. The Morgan fingerprint density at radius 1 is 1.31 bits per heavy atom. The van der Waals surface area contributed by atoms with Crippen molar-refractivity contribution in [3.8, 4) is 5.75 Å². The molecule has 0 atom stereocenters. The maximum atomic E-state index is 12.8. The van der Waals surface area contributed by atoms with Crippen LogP contribution in [0, 0.1) is 0 Å². The molecule has 0 radical (unpaired) electrons. The quantitative estimate of drug-likeness (QED) is 0.803. The van der Waals surface area contributed by atoms with Gasteiger partial charge in [-0.15, -0.1) is 5.10 Å². The van der Waals surface area contributed by atoms with Crippen molar-refractivity contribution in [2.75, 3.05) is 13.7 Å². The second-order valence-corrected chi connectivity index (χ2v) is 6.92.